The number of nitrogens with zero attached hydrogens (tertiary/aromatic N) is 1. The Bertz CT molecular complexity index is 1090. The van der Waals surface area contributed by atoms with Gasteiger partial charge in [-0.3, -0.25) is 5.10 Å². The highest BCUT2D eigenvalue weighted by molar-refractivity contribution is 7.98. The third-order valence-corrected chi connectivity index (χ3v) is 5.64. The van der Waals surface area contributed by atoms with Gasteiger partial charge in [0.25, 0.3) is 0 Å². The Balaban J connectivity index is 1.51. The molecule has 2 heterocycles. The van der Waals surface area contributed by atoms with Gasteiger partial charge in [0.15, 0.2) is 11.5 Å². The SMILES string of the molecule is COc1ccc(-c2cc(CSc3c[nH]c4cc(Cl)ccc34)[nH]n2)cc1OC. The number of hydrogen-bond donors (Lipinski definition) is 2. The quantitative estimate of drug-likeness (QED) is 0.419. The van der Waals surface area contributed by atoms with Crippen LogP contribution in [0.1, 0.15) is 5.69 Å². The van der Waals surface area contributed by atoms with Gasteiger partial charge in [-0.15, -0.1) is 11.8 Å². The molecule has 0 aliphatic heterocycles. The Labute approximate surface area is 166 Å². The molecule has 27 heavy (non-hydrogen) atoms. The number of H-pyrrole nitrogens is 2. The van der Waals surface area contributed by atoms with Crippen LogP contribution < -0.4 is 9.47 Å². The lowest BCUT2D eigenvalue weighted by atomic mass is 10.1. The highest BCUT2D eigenvalue weighted by Crippen LogP contribution is 2.34. The fourth-order valence-corrected chi connectivity index (χ4v) is 4.03. The number of ether oxygens (including phenoxy) is 2. The number of halogens is 1. The van der Waals surface area contributed by atoms with Crippen molar-refractivity contribution in [3.8, 4) is 22.8 Å². The zero-order valence-electron chi connectivity index (χ0n) is 14.9. The van der Waals surface area contributed by atoms with Gasteiger partial charge in [-0.1, -0.05) is 17.7 Å². The van der Waals surface area contributed by atoms with Crippen molar-refractivity contribution in [3.05, 3.63) is 59.4 Å². The highest BCUT2D eigenvalue weighted by atomic mass is 35.5. The number of thioether (sulfide) groups is 1. The van der Waals surface area contributed by atoms with Gasteiger partial charge < -0.3 is 14.5 Å². The van der Waals surface area contributed by atoms with Crippen LogP contribution in [0.5, 0.6) is 11.5 Å². The van der Waals surface area contributed by atoms with Crippen molar-refractivity contribution < 1.29 is 9.47 Å². The van der Waals surface area contributed by atoms with Gasteiger partial charge in [0.1, 0.15) is 0 Å². The highest BCUT2D eigenvalue weighted by Gasteiger charge is 2.10. The van der Waals surface area contributed by atoms with Gasteiger partial charge >= 0.3 is 0 Å². The molecule has 7 heteroatoms. The molecular formula is C20H18ClN3O2S. The summed E-state index contributed by atoms with van der Waals surface area (Å²) in [5.41, 5.74) is 3.94. The number of methoxy groups -OCH3 is 2. The molecule has 0 aliphatic carbocycles. The van der Waals surface area contributed by atoms with Crippen LogP contribution in [0.25, 0.3) is 22.2 Å². The second kappa shape index (κ2) is 7.58. The van der Waals surface area contributed by atoms with Crippen molar-refractivity contribution in [1.82, 2.24) is 15.2 Å². The van der Waals surface area contributed by atoms with E-state index < -0.39 is 0 Å². The third kappa shape index (κ3) is 3.63. The van der Waals surface area contributed by atoms with E-state index in [-0.39, 0.29) is 0 Å². The molecular weight excluding hydrogens is 382 g/mol. The number of hydrogen-bond acceptors (Lipinski definition) is 4. The fourth-order valence-electron chi connectivity index (χ4n) is 2.93. The summed E-state index contributed by atoms with van der Waals surface area (Å²) in [6.07, 6.45) is 2.01. The number of nitrogens with one attached hydrogen (secondary N) is 2. The monoisotopic (exact) mass is 399 g/mol. The van der Waals surface area contributed by atoms with Crippen LogP contribution >= 0.6 is 23.4 Å². The Morgan fingerprint density at radius 2 is 1.89 bits per heavy atom. The van der Waals surface area contributed by atoms with Gasteiger partial charge in [0, 0.05) is 44.0 Å². The first-order chi connectivity index (χ1) is 13.2. The van der Waals surface area contributed by atoms with Crippen LogP contribution in [0.2, 0.25) is 5.02 Å². The van der Waals surface area contributed by atoms with E-state index in [1.165, 1.54) is 10.3 Å². The molecule has 0 bridgehead atoms. The van der Waals surface area contributed by atoms with Crippen molar-refractivity contribution >= 4 is 34.3 Å². The van der Waals surface area contributed by atoms with Crippen molar-refractivity contribution in [2.24, 2.45) is 0 Å². The Hall–Kier alpha value is -2.57. The van der Waals surface area contributed by atoms with Crippen molar-refractivity contribution in [3.63, 3.8) is 0 Å². The number of benzene rings is 2. The predicted octanol–water partition coefficient (Wildman–Crippen LogP) is 5.52. The maximum absolute atomic E-state index is 6.05. The first kappa shape index (κ1) is 17.8. The molecule has 0 saturated heterocycles. The molecule has 4 aromatic rings. The van der Waals surface area contributed by atoms with E-state index in [4.69, 9.17) is 21.1 Å². The molecule has 0 aliphatic rings. The van der Waals surface area contributed by atoms with E-state index in [1.54, 1.807) is 26.0 Å². The summed E-state index contributed by atoms with van der Waals surface area (Å²) in [5, 5.41) is 9.45. The summed E-state index contributed by atoms with van der Waals surface area (Å²) in [6, 6.07) is 13.7. The number of rotatable bonds is 6. The normalized spacial score (nSPS) is 11.1. The van der Waals surface area contributed by atoms with Crippen molar-refractivity contribution in [2.75, 3.05) is 14.2 Å². The molecule has 0 amide bonds. The molecule has 0 unspecified atom stereocenters. The summed E-state index contributed by atoms with van der Waals surface area (Å²) < 4.78 is 10.7. The summed E-state index contributed by atoms with van der Waals surface area (Å²) in [7, 11) is 3.25. The maximum Gasteiger partial charge on any atom is 0.161 e. The molecule has 2 aromatic carbocycles. The summed E-state index contributed by atoms with van der Waals surface area (Å²) >= 11 is 7.79. The van der Waals surface area contributed by atoms with Crippen molar-refractivity contribution in [2.45, 2.75) is 10.6 Å². The lowest BCUT2D eigenvalue weighted by Gasteiger charge is -2.08. The molecule has 2 N–H and O–H groups in total. The second-order valence-electron chi connectivity index (χ2n) is 5.98. The van der Waals surface area contributed by atoms with Crippen LogP contribution in [-0.2, 0) is 5.75 Å². The molecule has 0 saturated carbocycles. The Morgan fingerprint density at radius 1 is 1.04 bits per heavy atom. The summed E-state index contributed by atoms with van der Waals surface area (Å²) in [6.45, 7) is 0. The minimum Gasteiger partial charge on any atom is -0.493 e. The van der Waals surface area contributed by atoms with Crippen LogP contribution in [0.3, 0.4) is 0 Å². The first-order valence-electron chi connectivity index (χ1n) is 8.34. The van der Waals surface area contributed by atoms with E-state index in [9.17, 15) is 0 Å². The standard InChI is InChI=1S/C20H18ClN3O2S/c1-25-18-6-3-12(7-19(18)26-2)16-9-14(23-24-16)11-27-20-10-22-17-8-13(21)4-5-15(17)20/h3-10,22H,11H2,1-2H3,(H,23,24). The molecule has 0 spiro atoms. The van der Waals surface area contributed by atoms with Gasteiger partial charge in [-0.25, -0.2) is 0 Å². The second-order valence-corrected chi connectivity index (χ2v) is 7.43. The Morgan fingerprint density at radius 3 is 2.70 bits per heavy atom. The fraction of sp³-hybridized carbons (Fsp3) is 0.150. The number of aromatic nitrogens is 3. The molecule has 5 nitrogen and oxygen atoms in total. The van der Waals surface area contributed by atoms with E-state index in [0.29, 0.717) is 11.5 Å². The Kier molecular flexibility index (Phi) is 5.01. The minimum absolute atomic E-state index is 0.686. The molecule has 2 aromatic heterocycles. The van der Waals surface area contributed by atoms with Crippen LogP contribution in [0, 0.1) is 0 Å². The van der Waals surface area contributed by atoms with Crippen LogP contribution in [-0.4, -0.2) is 29.4 Å². The van der Waals surface area contributed by atoms with Gasteiger partial charge in [-0.2, -0.15) is 5.10 Å². The van der Waals surface area contributed by atoms with E-state index in [1.807, 2.05) is 42.6 Å². The zero-order valence-corrected chi connectivity index (χ0v) is 16.4. The van der Waals surface area contributed by atoms with E-state index in [2.05, 4.69) is 21.2 Å². The number of fused-ring (bicyclic) bond motifs is 1. The van der Waals surface area contributed by atoms with Crippen molar-refractivity contribution in [1.29, 1.82) is 0 Å². The molecule has 4 rings (SSSR count). The largest absolute Gasteiger partial charge is 0.493 e. The topological polar surface area (TPSA) is 62.9 Å². The average molecular weight is 400 g/mol. The van der Waals surface area contributed by atoms with E-state index in [0.717, 1.165) is 33.2 Å². The minimum atomic E-state index is 0.686. The molecule has 0 radical (unpaired) electrons. The summed E-state index contributed by atoms with van der Waals surface area (Å²) in [4.78, 5) is 4.45. The molecule has 138 valence electrons. The summed E-state index contributed by atoms with van der Waals surface area (Å²) in [5.74, 6) is 2.17. The maximum atomic E-state index is 6.05. The lowest BCUT2D eigenvalue weighted by molar-refractivity contribution is 0.355. The van der Waals surface area contributed by atoms with Crippen LogP contribution in [0.4, 0.5) is 0 Å². The zero-order chi connectivity index (χ0) is 18.8. The lowest BCUT2D eigenvalue weighted by Crippen LogP contribution is -1.90. The average Bonchev–Trinajstić information content (AvgIpc) is 3.32. The number of aromatic amines is 2. The van der Waals surface area contributed by atoms with E-state index >= 15 is 0 Å². The van der Waals surface area contributed by atoms with Gasteiger partial charge in [-0.05, 0) is 36.4 Å². The first-order valence-corrected chi connectivity index (χ1v) is 9.70. The molecule has 0 atom stereocenters. The van der Waals surface area contributed by atoms with Crippen LogP contribution in [0.15, 0.2) is 53.6 Å². The predicted molar refractivity (Wildman–Crippen MR) is 110 cm³/mol. The van der Waals surface area contributed by atoms with Gasteiger partial charge in [0.2, 0.25) is 0 Å². The smallest absolute Gasteiger partial charge is 0.161 e. The third-order valence-electron chi connectivity index (χ3n) is 4.30. The molecule has 0 fully saturated rings. The van der Waals surface area contributed by atoms with Gasteiger partial charge in [0.05, 0.1) is 19.9 Å².